The van der Waals surface area contributed by atoms with Crippen molar-refractivity contribution in [2.45, 2.75) is 18.7 Å². The summed E-state index contributed by atoms with van der Waals surface area (Å²) in [6.45, 7) is 2.93. The number of hydrogen-bond acceptors (Lipinski definition) is 4. The number of carboxylic acid groups (broad SMARTS) is 1. The van der Waals surface area contributed by atoms with Crippen molar-refractivity contribution in [1.29, 1.82) is 0 Å². The Hall–Kier alpha value is -2.29. The van der Waals surface area contributed by atoms with Gasteiger partial charge in [-0.25, -0.2) is 22.9 Å². The van der Waals surface area contributed by atoms with E-state index < -0.39 is 16.0 Å². The van der Waals surface area contributed by atoms with E-state index in [1.807, 2.05) is 0 Å². The summed E-state index contributed by atoms with van der Waals surface area (Å²) in [5.41, 5.74) is 0.273. The Morgan fingerprint density at radius 1 is 1.42 bits per heavy atom. The molecule has 0 amide bonds. The van der Waals surface area contributed by atoms with Crippen molar-refractivity contribution in [2.75, 3.05) is 4.72 Å². The Morgan fingerprint density at radius 3 is 2.58 bits per heavy atom. The number of anilines is 1. The molecule has 0 aromatic carbocycles. The fraction of sp³-hybridized carbons (Fsp3) is 0.200. The third-order valence-electron chi connectivity index (χ3n) is 2.58. The van der Waals surface area contributed by atoms with Crippen LogP contribution in [0.25, 0.3) is 0 Å². The van der Waals surface area contributed by atoms with Crippen LogP contribution in [-0.4, -0.2) is 34.4 Å². The second kappa shape index (κ2) is 4.43. The predicted octanol–water partition coefficient (Wildman–Crippen LogP) is 0.854. The maximum Gasteiger partial charge on any atom is 0.352 e. The number of imidazole rings is 1. The molecule has 19 heavy (non-hydrogen) atoms. The number of rotatable bonds is 4. The van der Waals surface area contributed by atoms with Crippen molar-refractivity contribution in [3.8, 4) is 0 Å². The van der Waals surface area contributed by atoms with E-state index in [-0.39, 0.29) is 27.8 Å². The van der Waals surface area contributed by atoms with Gasteiger partial charge in [-0.3, -0.25) is 0 Å². The van der Waals surface area contributed by atoms with E-state index in [0.29, 0.717) is 0 Å². The Kier molecular flexibility index (Phi) is 3.06. The smallest absolute Gasteiger partial charge is 0.352 e. The summed E-state index contributed by atoms with van der Waals surface area (Å²) in [5, 5.41) is 8.96. The van der Waals surface area contributed by atoms with E-state index in [2.05, 4.69) is 19.7 Å². The SMILES string of the molecule is Cc1[nH]c(C(=O)O)c(C)c1S(=O)(=O)Nc1ncc[nH]1. The first kappa shape index (κ1) is 13.1. The van der Waals surface area contributed by atoms with Crippen molar-refractivity contribution in [3.63, 3.8) is 0 Å². The fourth-order valence-electron chi connectivity index (χ4n) is 1.85. The van der Waals surface area contributed by atoms with Crippen LogP contribution in [0.4, 0.5) is 5.95 Å². The third kappa shape index (κ3) is 2.32. The lowest BCUT2D eigenvalue weighted by Crippen LogP contribution is -2.15. The normalized spacial score (nSPS) is 11.5. The number of H-pyrrole nitrogens is 2. The minimum Gasteiger partial charge on any atom is -0.477 e. The summed E-state index contributed by atoms with van der Waals surface area (Å²) in [6, 6.07) is 0. The van der Waals surface area contributed by atoms with Crippen LogP contribution in [0.3, 0.4) is 0 Å². The van der Waals surface area contributed by atoms with Gasteiger partial charge in [0.25, 0.3) is 10.0 Å². The van der Waals surface area contributed by atoms with Gasteiger partial charge in [0.15, 0.2) is 0 Å². The average Bonchev–Trinajstić information content (AvgIpc) is 2.86. The third-order valence-corrected chi connectivity index (χ3v) is 4.19. The van der Waals surface area contributed by atoms with E-state index in [9.17, 15) is 13.2 Å². The number of aromatic carboxylic acids is 1. The maximum absolute atomic E-state index is 12.2. The first-order valence-corrected chi connectivity index (χ1v) is 6.76. The molecule has 0 spiro atoms. The largest absolute Gasteiger partial charge is 0.477 e. The minimum absolute atomic E-state index is 0.0666. The molecule has 0 unspecified atom stereocenters. The highest BCUT2D eigenvalue weighted by Gasteiger charge is 2.26. The van der Waals surface area contributed by atoms with Crippen molar-refractivity contribution in [3.05, 3.63) is 29.3 Å². The highest BCUT2D eigenvalue weighted by molar-refractivity contribution is 7.92. The van der Waals surface area contributed by atoms with Crippen LogP contribution in [0.2, 0.25) is 0 Å². The molecular formula is C10H12N4O4S. The molecule has 0 radical (unpaired) electrons. The minimum atomic E-state index is -3.90. The molecule has 0 aliphatic rings. The van der Waals surface area contributed by atoms with Crippen molar-refractivity contribution in [1.82, 2.24) is 15.0 Å². The van der Waals surface area contributed by atoms with Crippen LogP contribution in [0, 0.1) is 13.8 Å². The van der Waals surface area contributed by atoms with Gasteiger partial charge >= 0.3 is 5.97 Å². The number of carbonyl (C=O) groups is 1. The number of aromatic amines is 2. The molecule has 2 rings (SSSR count). The quantitative estimate of drug-likeness (QED) is 0.661. The van der Waals surface area contributed by atoms with E-state index >= 15 is 0 Å². The lowest BCUT2D eigenvalue weighted by Gasteiger charge is -2.06. The molecule has 2 heterocycles. The fourth-order valence-corrected chi connectivity index (χ4v) is 3.28. The van der Waals surface area contributed by atoms with Crippen molar-refractivity contribution < 1.29 is 18.3 Å². The standard InChI is InChI=1S/C10H12N4O4S/c1-5-7(9(15)16)13-6(2)8(5)19(17,18)14-10-11-3-4-12-10/h3-4,13H,1-2H3,(H,15,16)(H2,11,12,14). The van der Waals surface area contributed by atoms with Gasteiger partial charge < -0.3 is 15.1 Å². The van der Waals surface area contributed by atoms with Gasteiger partial charge in [0, 0.05) is 23.7 Å². The summed E-state index contributed by atoms with van der Waals surface area (Å²) in [6.07, 6.45) is 2.87. The van der Waals surface area contributed by atoms with Gasteiger partial charge in [0.05, 0.1) is 0 Å². The number of nitrogens with one attached hydrogen (secondary N) is 3. The molecule has 0 fully saturated rings. The molecule has 0 saturated heterocycles. The maximum atomic E-state index is 12.2. The van der Waals surface area contributed by atoms with Gasteiger partial charge in [-0.05, 0) is 13.8 Å². The molecular weight excluding hydrogens is 272 g/mol. The average molecular weight is 284 g/mol. The molecule has 2 aromatic rings. The number of hydrogen-bond donors (Lipinski definition) is 4. The molecule has 102 valence electrons. The number of aromatic nitrogens is 3. The Morgan fingerprint density at radius 2 is 2.11 bits per heavy atom. The molecule has 0 aliphatic heterocycles. The molecule has 8 nitrogen and oxygen atoms in total. The zero-order chi connectivity index (χ0) is 14.2. The van der Waals surface area contributed by atoms with Crippen LogP contribution >= 0.6 is 0 Å². The summed E-state index contributed by atoms with van der Waals surface area (Å²) in [7, 11) is -3.90. The van der Waals surface area contributed by atoms with Gasteiger partial charge in [0.1, 0.15) is 10.6 Å². The molecule has 0 bridgehead atoms. The van der Waals surface area contributed by atoms with Crippen LogP contribution < -0.4 is 4.72 Å². The lowest BCUT2D eigenvalue weighted by atomic mass is 10.2. The Bertz CT molecular complexity index is 715. The van der Waals surface area contributed by atoms with Crippen LogP contribution in [-0.2, 0) is 10.0 Å². The topological polar surface area (TPSA) is 128 Å². The molecule has 9 heteroatoms. The number of aryl methyl sites for hydroxylation is 1. The summed E-state index contributed by atoms with van der Waals surface area (Å²) < 4.78 is 26.6. The van der Waals surface area contributed by atoms with E-state index in [4.69, 9.17) is 5.11 Å². The van der Waals surface area contributed by atoms with Crippen LogP contribution in [0.1, 0.15) is 21.7 Å². The summed E-state index contributed by atoms with van der Waals surface area (Å²) >= 11 is 0. The van der Waals surface area contributed by atoms with Crippen LogP contribution in [0.15, 0.2) is 17.3 Å². The van der Waals surface area contributed by atoms with Crippen LogP contribution in [0.5, 0.6) is 0 Å². The summed E-state index contributed by atoms with van der Waals surface area (Å²) in [5.74, 6) is -1.14. The Labute approximate surface area is 108 Å². The number of sulfonamides is 1. The summed E-state index contributed by atoms with van der Waals surface area (Å²) in [4.78, 5) is 19.8. The van der Waals surface area contributed by atoms with E-state index in [1.165, 1.54) is 26.2 Å². The number of carboxylic acids is 1. The van der Waals surface area contributed by atoms with E-state index in [1.54, 1.807) is 0 Å². The monoisotopic (exact) mass is 284 g/mol. The highest BCUT2D eigenvalue weighted by Crippen LogP contribution is 2.24. The van der Waals surface area contributed by atoms with Gasteiger partial charge in [-0.1, -0.05) is 0 Å². The first-order chi connectivity index (χ1) is 8.83. The second-order valence-corrected chi connectivity index (χ2v) is 5.55. The zero-order valence-corrected chi connectivity index (χ0v) is 11.0. The first-order valence-electron chi connectivity index (χ1n) is 5.27. The predicted molar refractivity (Wildman–Crippen MR) is 66.6 cm³/mol. The molecule has 0 aliphatic carbocycles. The molecule has 0 atom stereocenters. The van der Waals surface area contributed by atoms with Gasteiger partial charge in [0.2, 0.25) is 5.95 Å². The number of nitrogens with zero attached hydrogens (tertiary/aromatic N) is 1. The Balaban J connectivity index is 2.49. The second-order valence-electron chi connectivity index (χ2n) is 3.93. The van der Waals surface area contributed by atoms with Gasteiger partial charge in [-0.15, -0.1) is 0 Å². The zero-order valence-electron chi connectivity index (χ0n) is 10.2. The highest BCUT2D eigenvalue weighted by atomic mass is 32.2. The molecule has 4 N–H and O–H groups in total. The van der Waals surface area contributed by atoms with Crippen molar-refractivity contribution in [2.24, 2.45) is 0 Å². The molecule has 0 saturated carbocycles. The van der Waals surface area contributed by atoms with E-state index in [0.717, 1.165) is 0 Å². The van der Waals surface area contributed by atoms with Gasteiger partial charge in [-0.2, -0.15) is 0 Å². The lowest BCUT2D eigenvalue weighted by molar-refractivity contribution is 0.0690. The molecule has 2 aromatic heterocycles. The van der Waals surface area contributed by atoms with Crippen molar-refractivity contribution >= 4 is 21.9 Å².